The molecule has 1 saturated carbocycles. The van der Waals surface area contributed by atoms with E-state index in [2.05, 4.69) is 4.74 Å². The van der Waals surface area contributed by atoms with E-state index in [1.807, 2.05) is 0 Å². The van der Waals surface area contributed by atoms with Crippen molar-refractivity contribution in [3.8, 4) is 0 Å². The maximum Gasteiger partial charge on any atom is 0.522 e. The maximum absolute atomic E-state index is 13.4. The number of epoxide rings is 2. The Morgan fingerprint density at radius 2 is 2.10 bits per heavy atom. The van der Waals surface area contributed by atoms with Gasteiger partial charge in [-0.25, -0.2) is 4.39 Å². The molecule has 20 heavy (non-hydrogen) atoms. The van der Waals surface area contributed by atoms with E-state index in [0.29, 0.717) is 6.61 Å². The average Bonchev–Trinajstić information content (AvgIpc) is 3.21. The van der Waals surface area contributed by atoms with Crippen LogP contribution in [0.15, 0.2) is 0 Å². The van der Waals surface area contributed by atoms with Crippen LogP contribution in [0.25, 0.3) is 0 Å². The van der Waals surface area contributed by atoms with Gasteiger partial charge in [0.1, 0.15) is 5.60 Å². The van der Waals surface area contributed by atoms with Gasteiger partial charge in [-0.2, -0.15) is 0 Å². The van der Waals surface area contributed by atoms with Crippen molar-refractivity contribution in [2.45, 2.75) is 49.6 Å². The second kappa shape index (κ2) is 4.64. The molecule has 0 aromatic heterocycles. The van der Waals surface area contributed by atoms with Gasteiger partial charge in [-0.05, 0) is 6.42 Å². The summed E-state index contributed by atoms with van der Waals surface area (Å²) in [6.45, 7) is -0.0953. The Morgan fingerprint density at radius 3 is 2.70 bits per heavy atom. The van der Waals surface area contributed by atoms with Crippen LogP contribution in [0, 0.1) is 5.92 Å². The van der Waals surface area contributed by atoms with Gasteiger partial charge in [0.05, 0.1) is 25.4 Å². The number of carbonyl (C=O) groups excluding carboxylic acids is 1. The lowest BCUT2D eigenvalue weighted by Gasteiger charge is -2.29. The molecule has 2 saturated heterocycles. The van der Waals surface area contributed by atoms with E-state index in [-0.39, 0.29) is 37.4 Å². The second-order valence-electron chi connectivity index (χ2n) is 5.52. The lowest BCUT2D eigenvalue weighted by Crippen LogP contribution is -2.42. The highest BCUT2D eigenvalue weighted by Crippen LogP contribution is 2.52. The minimum Gasteiger partial charge on any atom is -0.369 e. The quantitative estimate of drug-likeness (QED) is 0.586. The lowest BCUT2D eigenvalue weighted by molar-refractivity contribution is -0.324. The molecule has 4 nitrogen and oxygen atoms in total. The molecule has 2 heterocycles. The Labute approximate surface area is 112 Å². The van der Waals surface area contributed by atoms with Gasteiger partial charge in [-0.15, -0.1) is 13.2 Å². The van der Waals surface area contributed by atoms with Crippen LogP contribution in [0.1, 0.15) is 19.3 Å². The third kappa shape index (κ3) is 2.82. The highest BCUT2D eigenvalue weighted by atomic mass is 19.4. The maximum atomic E-state index is 13.4. The molecule has 1 aliphatic carbocycles. The molecule has 0 bridgehead atoms. The molecule has 3 fully saturated rings. The molecule has 0 aromatic carbocycles. The Hall–Kier alpha value is -0.730. The third-order valence-electron chi connectivity index (χ3n) is 4.17. The Balaban J connectivity index is 1.50. The average molecular weight is 298 g/mol. The summed E-state index contributed by atoms with van der Waals surface area (Å²) >= 11 is 0. The van der Waals surface area contributed by atoms with Gasteiger partial charge in [0.2, 0.25) is 0 Å². The van der Waals surface area contributed by atoms with Crippen molar-refractivity contribution in [3.05, 3.63) is 0 Å². The first-order valence-corrected chi connectivity index (χ1v) is 6.48. The van der Waals surface area contributed by atoms with E-state index in [9.17, 15) is 22.4 Å². The van der Waals surface area contributed by atoms with Crippen LogP contribution < -0.4 is 0 Å². The van der Waals surface area contributed by atoms with Gasteiger partial charge in [0.25, 0.3) is 0 Å². The fourth-order valence-corrected chi connectivity index (χ4v) is 2.97. The molecule has 2 aliphatic heterocycles. The Bertz CT molecular complexity index is 407. The molecule has 5 atom stereocenters. The van der Waals surface area contributed by atoms with E-state index >= 15 is 0 Å². The molecule has 3 aliphatic rings. The lowest BCUT2D eigenvalue weighted by atomic mass is 9.75. The first-order chi connectivity index (χ1) is 9.31. The normalized spacial score (nSPS) is 43.9. The summed E-state index contributed by atoms with van der Waals surface area (Å²) in [7, 11) is 0. The van der Waals surface area contributed by atoms with E-state index in [0.717, 1.165) is 0 Å². The first-order valence-electron chi connectivity index (χ1n) is 6.48. The summed E-state index contributed by atoms with van der Waals surface area (Å²) in [5.41, 5.74) is -0.641. The fourth-order valence-electron chi connectivity index (χ4n) is 2.97. The molecule has 1 spiro atoms. The SMILES string of the molecule is O=C1CC([C@H]2O[C@@H]2CCOC(F)(F)F)[C@@]2(CO2)C[C@@H]1F. The topological polar surface area (TPSA) is 51.4 Å². The van der Waals surface area contributed by atoms with E-state index in [1.165, 1.54) is 0 Å². The monoisotopic (exact) mass is 298 g/mol. The van der Waals surface area contributed by atoms with Crippen LogP contribution >= 0.6 is 0 Å². The number of ether oxygens (including phenoxy) is 3. The molecule has 0 aromatic rings. The minimum atomic E-state index is -4.65. The van der Waals surface area contributed by atoms with Crippen molar-refractivity contribution in [2.75, 3.05) is 13.2 Å². The van der Waals surface area contributed by atoms with Crippen LogP contribution in [0.2, 0.25) is 0 Å². The van der Waals surface area contributed by atoms with Crippen molar-refractivity contribution in [3.63, 3.8) is 0 Å². The van der Waals surface area contributed by atoms with Crippen molar-refractivity contribution in [1.29, 1.82) is 0 Å². The first kappa shape index (κ1) is 14.2. The number of rotatable bonds is 4. The van der Waals surface area contributed by atoms with Crippen molar-refractivity contribution in [1.82, 2.24) is 0 Å². The molecular formula is C12H14F4O4. The van der Waals surface area contributed by atoms with Gasteiger partial charge in [0, 0.05) is 18.8 Å². The molecule has 8 heteroatoms. The Morgan fingerprint density at radius 1 is 1.40 bits per heavy atom. The van der Waals surface area contributed by atoms with Gasteiger partial charge in [0.15, 0.2) is 12.0 Å². The molecular weight excluding hydrogens is 284 g/mol. The van der Waals surface area contributed by atoms with Crippen LogP contribution in [0.3, 0.4) is 0 Å². The molecule has 114 valence electrons. The minimum absolute atomic E-state index is 0.0299. The number of hydrogen-bond donors (Lipinski definition) is 0. The standard InChI is InChI=1S/C12H14F4O4/c13-7-4-11(5-19-11)6(3-8(7)17)10-9(20-10)1-2-18-12(14,15)16/h6-7,9-10H,1-5H2/t6?,7-,9+,10+,11-/m0/s1. The predicted molar refractivity (Wildman–Crippen MR) is 56.6 cm³/mol. The highest BCUT2D eigenvalue weighted by molar-refractivity contribution is 5.84. The largest absolute Gasteiger partial charge is 0.522 e. The van der Waals surface area contributed by atoms with Crippen LogP contribution in [-0.2, 0) is 19.0 Å². The van der Waals surface area contributed by atoms with Crippen LogP contribution in [0.5, 0.6) is 0 Å². The molecule has 1 unspecified atom stereocenters. The molecule has 3 rings (SSSR count). The highest BCUT2D eigenvalue weighted by Gasteiger charge is 2.64. The molecule has 0 N–H and O–H groups in total. The summed E-state index contributed by atoms with van der Waals surface area (Å²) in [4.78, 5) is 11.4. The smallest absolute Gasteiger partial charge is 0.369 e. The zero-order valence-corrected chi connectivity index (χ0v) is 10.5. The van der Waals surface area contributed by atoms with E-state index < -0.39 is 30.5 Å². The summed E-state index contributed by atoms with van der Waals surface area (Å²) in [6, 6.07) is 0. The van der Waals surface area contributed by atoms with Crippen molar-refractivity contribution < 1.29 is 36.6 Å². The second-order valence-corrected chi connectivity index (χ2v) is 5.52. The number of alkyl halides is 4. The zero-order chi connectivity index (χ0) is 14.5. The van der Waals surface area contributed by atoms with Gasteiger partial charge < -0.3 is 9.47 Å². The number of Topliss-reactive ketones (excluding diaryl/α,β-unsaturated/α-hetero) is 1. The fraction of sp³-hybridized carbons (Fsp3) is 0.917. The van der Waals surface area contributed by atoms with E-state index in [1.54, 1.807) is 0 Å². The summed E-state index contributed by atoms with van der Waals surface area (Å²) in [5.74, 6) is -0.727. The third-order valence-corrected chi connectivity index (χ3v) is 4.17. The van der Waals surface area contributed by atoms with E-state index in [4.69, 9.17) is 9.47 Å². The summed E-state index contributed by atoms with van der Waals surface area (Å²) < 4.78 is 63.2. The summed E-state index contributed by atoms with van der Waals surface area (Å²) in [6.07, 6.45) is -6.68. The van der Waals surface area contributed by atoms with Crippen LogP contribution in [0.4, 0.5) is 17.6 Å². The summed E-state index contributed by atoms with van der Waals surface area (Å²) in [5, 5.41) is 0. The molecule has 0 amide bonds. The van der Waals surface area contributed by atoms with Crippen molar-refractivity contribution >= 4 is 5.78 Å². The van der Waals surface area contributed by atoms with Crippen molar-refractivity contribution in [2.24, 2.45) is 5.92 Å². The Kier molecular flexibility index (Phi) is 3.30. The van der Waals surface area contributed by atoms with Crippen LogP contribution in [-0.4, -0.2) is 49.3 Å². The number of halogens is 4. The van der Waals surface area contributed by atoms with Gasteiger partial charge in [-0.3, -0.25) is 9.53 Å². The van der Waals surface area contributed by atoms with Gasteiger partial charge in [-0.1, -0.05) is 0 Å². The zero-order valence-electron chi connectivity index (χ0n) is 10.5. The number of carbonyl (C=O) groups is 1. The number of hydrogen-bond acceptors (Lipinski definition) is 4. The van der Waals surface area contributed by atoms with Gasteiger partial charge >= 0.3 is 6.36 Å². The molecule has 0 radical (unpaired) electrons. The predicted octanol–water partition coefficient (Wildman–Crippen LogP) is 1.77. The number of ketones is 1.